The molecule has 3 heteroatoms. The number of carbonyl (C=O) groups excluding carboxylic acids is 1. The van der Waals surface area contributed by atoms with Crippen molar-refractivity contribution in [3.8, 4) is 0 Å². The summed E-state index contributed by atoms with van der Waals surface area (Å²) in [6.07, 6.45) is 14.1. The van der Waals surface area contributed by atoms with Crippen LogP contribution in [0.3, 0.4) is 0 Å². The van der Waals surface area contributed by atoms with E-state index in [0.29, 0.717) is 5.57 Å². The zero-order valence-corrected chi connectivity index (χ0v) is 10.7. The van der Waals surface area contributed by atoms with Crippen molar-refractivity contribution >= 4 is 5.91 Å². The minimum atomic E-state index is -0.178. The SMILES string of the molecule is C[N-]C(=O)/C1=C/C=C\C=C/CC=C1.[Re]. The van der Waals surface area contributed by atoms with E-state index >= 15 is 0 Å². The Balaban J connectivity index is 0.00000169. The van der Waals surface area contributed by atoms with Gasteiger partial charge in [0.15, 0.2) is 0 Å². The fourth-order valence-electron chi connectivity index (χ4n) is 0.981. The van der Waals surface area contributed by atoms with E-state index in [1.165, 1.54) is 7.05 Å². The molecule has 0 unspecified atom stereocenters. The van der Waals surface area contributed by atoms with E-state index in [0.717, 1.165) is 6.42 Å². The molecule has 0 aliphatic heterocycles. The quantitative estimate of drug-likeness (QED) is 0.707. The molecule has 0 atom stereocenters. The van der Waals surface area contributed by atoms with Crippen LogP contribution in [0.1, 0.15) is 6.42 Å². The Morgan fingerprint density at radius 2 is 2.07 bits per heavy atom. The van der Waals surface area contributed by atoms with Crippen LogP contribution in [0.5, 0.6) is 0 Å². The molecule has 0 N–H and O–H groups in total. The van der Waals surface area contributed by atoms with Gasteiger partial charge in [0.1, 0.15) is 0 Å². The third kappa shape index (κ3) is 4.36. The standard InChI is InChI=1S/C11H13NO.Re/c1-12-11(13)10-8-6-4-2-3-5-7-9-10;/h2-4,6-9H,5H2,1H3,(H,12,13);/p-1/b3-2-,6-4-,9-7?,10-8+;. The zero-order valence-electron chi connectivity index (χ0n) is 7.98. The summed E-state index contributed by atoms with van der Waals surface area (Å²) in [7, 11) is 1.51. The van der Waals surface area contributed by atoms with Gasteiger partial charge in [-0.2, -0.15) is 0 Å². The topological polar surface area (TPSA) is 31.2 Å². The molecule has 75 valence electrons. The van der Waals surface area contributed by atoms with Gasteiger partial charge in [-0.15, -0.1) is 7.05 Å². The molecule has 0 aromatic carbocycles. The molecule has 1 radical (unpaired) electrons. The van der Waals surface area contributed by atoms with E-state index < -0.39 is 0 Å². The summed E-state index contributed by atoms with van der Waals surface area (Å²) in [5.74, 6) is -0.178. The van der Waals surface area contributed by atoms with Crippen molar-refractivity contribution in [2.75, 3.05) is 7.05 Å². The summed E-state index contributed by atoms with van der Waals surface area (Å²) in [6, 6.07) is 0. The number of allylic oxidation sites excluding steroid dienone is 6. The van der Waals surface area contributed by atoms with Crippen LogP contribution in [0.25, 0.3) is 5.32 Å². The Kier molecular flexibility index (Phi) is 7.01. The minimum Gasteiger partial charge on any atom is -0.652 e. The summed E-state index contributed by atoms with van der Waals surface area (Å²) in [5.41, 5.74) is 0.627. The Bertz CT molecular complexity index is 300. The number of likely N-dealkylation sites (N-methyl/N-ethyl adjacent to an activating group) is 1. The second-order valence-corrected chi connectivity index (χ2v) is 2.60. The Morgan fingerprint density at radius 1 is 1.29 bits per heavy atom. The molecule has 1 rings (SSSR count). The Labute approximate surface area is 98.1 Å². The monoisotopic (exact) mass is 361 g/mol. The molecule has 0 saturated carbocycles. The maximum atomic E-state index is 11.2. The molecule has 0 aromatic rings. The number of hydrogen-bond acceptors (Lipinski definition) is 1. The van der Waals surface area contributed by atoms with Crippen molar-refractivity contribution in [1.82, 2.24) is 0 Å². The van der Waals surface area contributed by atoms with Gasteiger partial charge in [0.25, 0.3) is 0 Å². The van der Waals surface area contributed by atoms with Gasteiger partial charge in [0.2, 0.25) is 0 Å². The van der Waals surface area contributed by atoms with Crippen LogP contribution >= 0.6 is 0 Å². The summed E-state index contributed by atoms with van der Waals surface area (Å²) >= 11 is 0. The number of amides is 1. The fraction of sp³-hybridized carbons (Fsp3) is 0.182. The van der Waals surface area contributed by atoms with Crippen LogP contribution in [0.2, 0.25) is 0 Å². The van der Waals surface area contributed by atoms with Crippen LogP contribution in [-0.4, -0.2) is 13.0 Å². The number of hydrogen-bond donors (Lipinski definition) is 0. The van der Waals surface area contributed by atoms with E-state index in [4.69, 9.17) is 0 Å². The van der Waals surface area contributed by atoms with Gasteiger partial charge in [-0.3, -0.25) is 0 Å². The van der Waals surface area contributed by atoms with Crippen molar-refractivity contribution in [3.63, 3.8) is 0 Å². The van der Waals surface area contributed by atoms with Gasteiger partial charge in [-0.05, 0) is 12.0 Å². The molecule has 1 aliphatic carbocycles. The van der Waals surface area contributed by atoms with E-state index in [2.05, 4.69) is 5.32 Å². The second kappa shape index (κ2) is 7.49. The summed E-state index contributed by atoms with van der Waals surface area (Å²) in [4.78, 5) is 11.2. The van der Waals surface area contributed by atoms with Crippen LogP contribution in [0.15, 0.2) is 48.1 Å². The summed E-state index contributed by atoms with van der Waals surface area (Å²) < 4.78 is 0. The van der Waals surface area contributed by atoms with Crippen molar-refractivity contribution in [2.24, 2.45) is 0 Å². The second-order valence-electron chi connectivity index (χ2n) is 2.60. The van der Waals surface area contributed by atoms with E-state index in [1.54, 1.807) is 12.2 Å². The molecule has 1 amide bonds. The van der Waals surface area contributed by atoms with Crippen molar-refractivity contribution in [2.45, 2.75) is 6.42 Å². The molecule has 0 aromatic heterocycles. The Morgan fingerprint density at radius 3 is 2.79 bits per heavy atom. The molecule has 2 nitrogen and oxygen atoms in total. The first kappa shape index (κ1) is 13.1. The maximum Gasteiger partial charge on any atom is 0.0818 e. The average molecular weight is 360 g/mol. The van der Waals surface area contributed by atoms with Crippen LogP contribution in [0.4, 0.5) is 0 Å². The number of nitrogens with zero attached hydrogens (tertiary/aromatic N) is 1. The van der Waals surface area contributed by atoms with Crippen molar-refractivity contribution < 1.29 is 25.2 Å². The first-order valence-electron chi connectivity index (χ1n) is 4.19. The molecule has 14 heavy (non-hydrogen) atoms. The predicted octanol–water partition coefficient (Wildman–Crippen LogP) is 2.51. The molecule has 0 spiro atoms. The van der Waals surface area contributed by atoms with Gasteiger partial charge in [0.05, 0.1) is 5.91 Å². The molecule has 0 heterocycles. The Hall–Kier alpha value is -0.908. The predicted molar refractivity (Wildman–Crippen MR) is 54.4 cm³/mol. The summed E-state index contributed by atoms with van der Waals surface area (Å²) in [6.45, 7) is 0. The van der Waals surface area contributed by atoms with Crippen LogP contribution < -0.4 is 0 Å². The largest absolute Gasteiger partial charge is 0.652 e. The van der Waals surface area contributed by atoms with Crippen molar-refractivity contribution in [3.05, 3.63) is 53.4 Å². The van der Waals surface area contributed by atoms with Gasteiger partial charge >= 0.3 is 0 Å². The molecular weight excluding hydrogens is 348 g/mol. The first-order chi connectivity index (χ1) is 6.34. The molecule has 0 saturated heterocycles. The van der Waals surface area contributed by atoms with E-state index in [9.17, 15) is 4.79 Å². The normalized spacial score (nSPS) is 22.8. The third-order valence-corrected chi connectivity index (χ3v) is 1.65. The fourth-order valence-corrected chi connectivity index (χ4v) is 0.981. The summed E-state index contributed by atoms with van der Waals surface area (Å²) in [5, 5.41) is 3.60. The maximum absolute atomic E-state index is 11.2. The van der Waals surface area contributed by atoms with Crippen LogP contribution in [0, 0.1) is 0 Å². The minimum absolute atomic E-state index is 0. The van der Waals surface area contributed by atoms with Gasteiger partial charge < -0.3 is 10.1 Å². The molecular formula is C11H12NORe-. The van der Waals surface area contributed by atoms with Gasteiger partial charge in [-0.25, -0.2) is 0 Å². The van der Waals surface area contributed by atoms with Gasteiger partial charge in [0, 0.05) is 20.4 Å². The first-order valence-corrected chi connectivity index (χ1v) is 4.19. The van der Waals surface area contributed by atoms with Gasteiger partial charge in [-0.1, -0.05) is 42.5 Å². The number of rotatable bonds is 1. The van der Waals surface area contributed by atoms with E-state index in [1.807, 2.05) is 30.4 Å². The number of carbonyl (C=O) groups is 1. The molecule has 0 bridgehead atoms. The molecule has 0 fully saturated rings. The van der Waals surface area contributed by atoms with E-state index in [-0.39, 0.29) is 26.3 Å². The molecule has 1 aliphatic rings. The zero-order chi connectivity index (χ0) is 9.52. The van der Waals surface area contributed by atoms with Crippen molar-refractivity contribution in [1.29, 1.82) is 0 Å². The third-order valence-electron chi connectivity index (χ3n) is 1.65. The average Bonchev–Trinajstić information content (AvgIpc) is 2.29. The van der Waals surface area contributed by atoms with Crippen LogP contribution in [-0.2, 0) is 25.2 Å². The smallest absolute Gasteiger partial charge is 0.0818 e.